The smallest absolute Gasteiger partial charge is 0.259 e. The number of hydrogen-bond donors (Lipinski definition) is 2. The predicted molar refractivity (Wildman–Crippen MR) is 63.7 cm³/mol. The summed E-state index contributed by atoms with van der Waals surface area (Å²) in [6.45, 7) is 5.46. The summed E-state index contributed by atoms with van der Waals surface area (Å²) >= 11 is 11.8. The standard InChI is InChI=1S/C9H8Cl2N2O2S/c1-4-3-6(10)8(11)9-7(4)5(2)12-13-16(9,14)15/h3,12-13H,2H2,1H3. The van der Waals surface area contributed by atoms with Gasteiger partial charge >= 0.3 is 0 Å². The van der Waals surface area contributed by atoms with Gasteiger partial charge in [0.1, 0.15) is 4.90 Å². The zero-order valence-electron chi connectivity index (χ0n) is 8.27. The number of halogens is 2. The molecular formula is C9H8Cl2N2O2S. The summed E-state index contributed by atoms with van der Waals surface area (Å²) in [6.07, 6.45) is 0. The average Bonchev–Trinajstić information content (AvgIpc) is 2.18. The number of rotatable bonds is 0. The fraction of sp³-hybridized carbons (Fsp3) is 0.111. The number of nitrogens with one attached hydrogen (secondary N) is 2. The molecular weight excluding hydrogens is 271 g/mol. The van der Waals surface area contributed by atoms with Gasteiger partial charge in [0.05, 0.1) is 15.7 Å². The molecule has 0 bridgehead atoms. The molecule has 86 valence electrons. The molecule has 0 aromatic heterocycles. The van der Waals surface area contributed by atoms with Crippen LogP contribution < -0.4 is 10.3 Å². The Morgan fingerprint density at radius 2 is 2.00 bits per heavy atom. The van der Waals surface area contributed by atoms with Crippen LogP contribution in [0.3, 0.4) is 0 Å². The maximum atomic E-state index is 11.8. The van der Waals surface area contributed by atoms with Crippen LogP contribution in [0.1, 0.15) is 11.1 Å². The van der Waals surface area contributed by atoms with E-state index < -0.39 is 10.0 Å². The van der Waals surface area contributed by atoms with E-state index >= 15 is 0 Å². The van der Waals surface area contributed by atoms with Gasteiger partial charge in [-0.1, -0.05) is 29.8 Å². The number of sulfonamides is 1. The molecule has 1 aromatic carbocycles. The van der Waals surface area contributed by atoms with Crippen LogP contribution in [0.25, 0.3) is 5.70 Å². The van der Waals surface area contributed by atoms with Gasteiger partial charge in [-0.25, -0.2) is 8.42 Å². The fourth-order valence-corrected chi connectivity index (χ4v) is 3.62. The number of benzene rings is 1. The van der Waals surface area contributed by atoms with Crippen molar-refractivity contribution in [2.75, 3.05) is 0 Å². The van der Waals surface area contributed by atoms with Gasteiger partial charge < -0.3 is 5.43 Å². The molecule has 1 aliphatic heterocycles. The van der Waals surface area contributed by atoms with Crippen LogP contribution in [-0.2, 0) is 10.0 Å². The van der Waals surface area contributed by atoms with Gasteiger partial charge in [0.15, 0.2) is 0 Å². The molecule has 16 heavy (non-hydrogen) atoms. The maximum absolute atomic E-state index is 11.8. The van der Waals surface area contributed by atoms with Crippen molar-refractivity contribution in [3.63, 3.8) is 0 Å². The summed E-state index contributed by atoms with van der Waals surface area (Å²) in [5, 5.41) is 0.218. The molecule has 0 spiro atoms. The first-order chi connectivity index (χ1) is 7.34. The van der Waals surface area contributed by atoms with Crippen LogP contribution in [0.15, 0.2) is 17.5 Å². The number of hydrazine groups is 1. The van der Waals surface area contributed by atoms with Crippen molar-refractivity contribution in [2.24, 2.45) is 0 Å². The van der Waals surface area contributed by atoms with Crippen LogP contribution in [0.2, 0.25) is 10.0 Å². The van der Waals surface area contributed by atoms with Crippen LogP contribution in [0.5, 0.6) is 0 Å². The van der Waals surface area contributed by atoms with Crippen LogP contribution >= 0.6 is 23.2 Å². The van der Waals surface area contributed by atoms with E-state index in [2.05, 4.69) is 16.8 Å². The molecule has 0 atom stereocenters. The monoisotopic (exact) mass is 278 g/mol. The summed E-state index contributed by atoms with van der Waals surface area (Å²) < 4.78 is 23.6. The van der Waals surface area contributed by atoms with E-state index in [4.69, 9.17) is 23.2 Å². The first-order valence-electron chi connectivity index (χ1n) is 4.30. The van der Waals surface area contributed by atoms with Crippen molar-refractivity contribution >= 4 is 38.9 Å². The lowest BCUT2D eigenvalue weighted by molar-refractivity contribution is 0.571. The first kappa shape index (κ1) is 11.7. The molecule has 2 N–H and O–H groups in total. The van der Waals surface area contributed by atoms with Crippen LogP contribution in [0.4, 0.5) is 0 Å². The van der Waals surface area contributed by atoms with Crippen molar-refractivity contribution in [3.8, 4) is 0 Å². The highest BCUT2D eigenvalue weighted by atomic mass is 35.5. The van der Waals surface area contributed by atoms with Gasteiger partial charge in [-0.05, 0) is 18.6 Å². The third-order valence-electron chi connectivity index (χ3n) is 2.28. The zero-order valence-corrected chi connectivity index (χ0v) is 10.6. The van der Waals surface area contributed by atoms with Crippen molar-refractivity contribution in [1.29, 1.82) is 0 Å². The van der Waals surface area contributed by atoms with E-state index in [1.807, 2.05) is 0 Å². The van der Waals surface area contributed by atoms with Crippen molar-refractivity contribution in [1.82, 2.24) is 10.3 Å². The number of fused-ring (bicyclic) bond motifs is 1. The summed E-state index contributed by atoms with van der Waals surface area (Å²) in [6, 6.07) is 1.61. The Morgan fingerprint density at radius 3 is 2.62 bits per heavy atom. The molecule has 0 unspecified atom stereocenters. The molecule has 0 saturated carbocycles. The number of hydrogen-bond acceptors (Lipinski definition) is 3. The normalized spacial score (nSPS) is 17.8. The van der Waals surface area contributed by atoms with Crippen molar-refractivity contribution < 1.29 is 8.42 Å². The van der Waals surface area contributed by atoms with Crippen LogP contribution in [0, 0.1) is 6.92 Å². The van der Waals surface area contributed by atoms with E-state index in [9.17, 15) is 8.42 Å². The highest BCUT2D eigenvalue weighted by molar-refractivity contribution is 7.89. The minimum absolute atomic E-state index is 0.0115. The lowest BCUT2D eigenvalue weighted by atomic mass is 10.1. The molecule has 0 aliphatic carbocycles. The Labute approximate surface area is 103 Å². The molecule has 0 amide bonds. The average molecular weight is 279 g/mol. The summed E-state index contributed by atoms with van der Waals surface area (Å²) in [5.74, 6) is 0. The highest BCUT2D eigenvalue weighted by Gasteiger charge is 2.30. The minimum Gasteiger partial charge on any atom is -0.308 e. The van der Waals surface area contributed by atoms with Crippen molar-refractivity contribution in [3.05, 3.63) is 33.8 Å². The quantitative estimate of drug-likeness (QED) is 0.764. The van der Waals surface area contributed by atoms with Crippen molar-refractivity contribution in [2.45, 2.75) is 11.8 Å². The predicted octanol–water partition coefficient (Wildman–Crippen LogP) is 2.07. The van der Waals surface area contributed by atoms with E-state index in [1.165, 1.54) is 0 Å². The Balaban J connectivity index is 2.95. The van der Waals surface area contributed by atoms with Gasteiger partial charge in [-0.2, -0.15) is 0 Å². The largest absolute Gasteiger partial charge is 0.308 e. The lowest BCUT2D eigenvalue weighted by Gasteiger charge is -2.24. The summed E-state index contributed by atoms with van der Waals surface area (Å²) in [7, 11) is -3.69. The molecule has 2 rings (SSSR count). The molecule has 1 aromatic rings. The van der Waals surface area contributed by atoms with E-state index in [0.717, 1.165) is 0 Å². The number of aryl methyl sites for hydroxylation is 1. The van der Waals surface area contributed by atoms with Gasteiger partial charge in [0.25, 0.3) is 10.0 Å². The summed E-state index contributed by atoms with van der Waals surface area (Å²) in [4.78, 5) is 2.11. The lowest BCUT2D eigenvalue weighted by Crippen LogP contribution is -2.41. The second-order valence-electron chi connectivity index (χ2n) is 3.40. The maximum Gasteiger partial charge on any atom is 0.259 e. The third kappa shape index (κ3) is 1.60. The highest BCUT2D eigenvalue weighted by Crippen LogP contribution is 2.38. The Morgan fingerprint density at radius 1 is 1.38 bits per heavy atom. The Bertz CT molecular complexity index is 596. The fourth-order valence-electron chi connectivity index (χ4n) is 1.59. The second-order valence-corrected chi connectivity index (χ2v) is 5.81. The van der Waals surface area contributed by atoms with Gasteiger partial charge in [0.2, 0.25) is 0 Å². The Hall–Kier alpha value is -0.750. The third-order valence-corrected chi connectivity index (χ3v) is 4.50. The summed E-state index contributed by atoms with van der Waals surface area (Å²) in [5.41, 5.74) is 4.09. The first-order valence-corrected chi connectivity index (χ1v) is 6.54. The SMILES string of the molecule is C=C1NNS(=O)(=O)c2c(Cl)c(Cl)cc(C)c21. The topological polar surface area (TPSA) is 58.2 Å². The molecule has 0 fully saturated rings. The molecule has 1 aliphatic rings. The van der Waals surface area contributed by atoms with Gasteiger partial charge in [-0.3, -0.25) is 0 Å². The van der Waals surface area contributed by atoms with E-state index in [1.54, 1.807) is 13.0 Å². The molecule has 1 heterocycles. The van der Waals surface area contributed by atoms with E-state index in [0.29, 0.717) is 16.8 Å². The second kappa shape index (κ2) is 3.63. The minimum atomic E-state index is -3.69. The molecule has 0 radical (unpaired) electrons. The van der Waals surface area contributed by atoms with Gasteiger partial charge in [-0.15, -0.1) is 4.83 Å². The van der Waals surface area contributed by atoms with Gasteiger partial charge in [0, 0.05) is 5.56 Å². The zero-order chi connectivity index (χ0) is 12.1. The molecule has 7 heteroatoms. The Kier molecular flexibility index (Phi) is 2.66. The van der Waals surface area contributed by atoms with E-state index in [-0.39, 0.29) is 14.9 Å². The molecule has 4 nitrogen and oxygen atoms in total. The van der Waals surface area contributed by atoms with Crippen LogP contribution in [-0.4, -0.2) is 8.42 Å². The molecule has 0 saturated heterocycles.